The summed E-state index contributed by atoms with van der Waals surface area (Å²) in [6.45, 7) is 0. The molecule has 1 aromatic heterocycles. The highest BCUT2D eigenvalue weighted by Gasteiger charge is 2.10. The Balaban J connectivity index is 2.39. The summed E-state index contributed by atoms with van der Waals surface area (Å²) in [5.74, 6) is 0. The van der Waals surface area contributed by atoms with Gasteiger partial charge in [0.05, 0.1) is 15.5 Å². The molecule has 0 atom stereocenters. The van der Waals surface area contributed by atoms with Crippen molar-refractivity contribution in [2.75, 3.05) is 0 Å². The number of nitrogens with zero attached hydrogens (tertiary/aromatic N) is 3. The van der Waals surface area contributed by atoms with E-state index >= 15 is 0 Å². The lowest BCUT2D eigenvalue weighted by Crippen LogP contribution is -1.91. The largest absolute Gasteiger partial charge is 0.287 e. The molecule has 0 bridgehead atoms. The van der Waals surface area contributed by atoms with Crippen LogP contribution in [0.2, 0.25) is 0 Å². The van der Waals surface area contributed by atoms with E-state index in [1.807, 2.05) is 0 Å². The molecule has 0 aliphatic rings. The fourth-order valence-corrected chi connectivity index (χ4v) is 1.44. The maximum Gasteiger partial charge on any atom is 0.287 e. The number of nitro groups is 2. The Labute approximate surface area is 101 Å². The van der Waals surface area contributed by atoms with E-state index in [4.69, 9.17) is 0 Å². The molecule has 0 saturated carbocycles. The van der Waals surface area contributed by atoms with Crippen LogP contribution in [0.4, 0.5) is 11.4 Å². The second-order valence-corrected chi connectivity index (χ2v) is 3.47. The van der Waals surface area contributed by atoms with Crippen molar-refractivity contribution in [1.82, 2.24) is 4.98 Å². The molecular weight excluding hydrogens is 238 g/mol. The lowest BCUT2D eigenvalue weighted by molar-refractivity contribution is -0.385. The van der Waals surface area contributed by atoms with Crippen LogP contribution in [0.5, 0.6) is 0 Å². The predicted octanol–water partition coefficient (Wildman–Crippen LogP) is 2.57. The number of nitro benzene ring substituents is 1. The van der Waals surface area contributed by atoms with Crippen molar-refractivity contribution in [3.8, 4) is 11.3 Å². The number of pyridine rings is 1. The van der Waals surface area contributed by atoms with Gasteiger partial charge in [-0.3, -0.25) is 20.2 Å². The molecule has 2 aromatic rings. The van der Waals surface area contributed by atoms with Gasteiger partial charge < -0.3 is 0 Å². The van der Waals surface area contributed by atoms with Crippen LogP contribution >= 0.6 is 0 Å². The average Bonchev–Trinajstić information content (AvgIpc) is 2.39. The lowest BCUT2D eigenvalue weighted by Gasteiger charge is -2.00. The van der Waals surface area contributed by atoms with E-state index in [1.54, 1.807) is 6.07 Å². The van der Waals surface area contributed by atoms with Gasteiger partial charge in [0.25, 0.3) is 11.4 Å². The van der Waals surface area contributed by atoms with E-state index < -0.39 is 9.85 Å². The molecule has 0 N–H and O–H groups in total. The van der Waals surface area contributed by atoms with Crippen LogP contribution in [-0.4, -0.2) is 14.8 Å². The minimum absolute atomic E-state index is 0.0485. The van der Waals surface area contributed by atoms with Gasteiger partial charge >= 0.3 is 0 Å². The Kier molecular flexibility index (Phi) is 2.96. The molecule has 0 saturated heterocycles. The minimum Gasteiger partial charge on any atom is -0.258 e. The molecule has 7 nitrogen and oxygen atoms in total. The first-order valence-electron chi connectivity index (χ1n) is 4.93. The van der Waals surface area contributed by atoms with Crippen LogP contribution < -0.4 is 0 Å². The Morgan fingerprint density at radius 1 is 0.944 bits per heavy atom. The van der Waals surface area contributed by atoms with E-state index in [0.29, 0.717) is 11.3 Å². The predicted molar refractivity (Wildman–Crippen MR) is 63.0 cm³/mol. The summed E-state index contributed by atoms with van der Waals surface area (Å²) in [6, 6.07) is 8.69. The first-order valence-corrected chi connectivity index (χ1v) is 4.93. The van der Waals surface area contributed by atoms with Crippen LogP contribution in [0.15, 0.2) is 42.6 Å². The number of hydrogen-bond donors (Lipinski definition) is 0. The van der Waals surface area contributed by atoms with Gasteiger partial charge in [-0.05, 0) is 6.07 Å². The Morgan fingerprint density at radius 2 is 1.67 bits per heavy atom. The van der Waals surface area contributed by atoms with Crippen LogP contribution in [0, 0.1) is 20.2 Å². The molecule has 0 spiro atoms. The van der Waals surface area contributed by atoms with Gasteiger partial charge in [0, 0.05) is 23.8 Å². The number of non-ortho nitro benzene ring substituents is 1. The molecule has 0 aliphatic carbocycles. The SMILES string of the molecule is O=[N+]([O-])c1ccc(-c2cccc([N+](=O)[O-])c2)nc1. The summed E-state index contributed by atoms with van der Waals surface area (Å²) in [6.07, 6.45) is 1.12. The van der Waals surface area contributed by atoms with Gasteiger partial charge in [0.2, 0.25) is 0 Å². The van der Waals surface area contributed by atoms with Gasteiger partial charge in [-0.2, -0.15) is 0 Å². The lowest BCUT2D eigenvalue weighted by atomic mass is 10.1. The number of rotatable bonds is 3. The zero-order valence-corrected chi connectivity index (χ0v) is 9.02. The highest BCUT2D eigenvalue weighted by Crippen LogP contribution is 2.23. The number of benzene rings is 1. The molecule has 0 fully saturated rings. The minimum atomic E-state index is -0.551. The summed E-state index contributed by atoms with van der Waals surface area (Å²) in [5, 5.41) is 21.1. The normalized spacial score (nSPS) is 10.0. The van der Waals surface area contributed by atoms with Gasteiger partial charge in [0.15, 0.2) is 0 Å². The van der Waals surface area contributed by atoms with Crippen molar-refractivity contribution in [2.45, 2.75) is 0 Å². The van der Waals surface area contributed by atoms with Crippen LogP contribution in [0.3, 0.4) is 0 Å². The Bertz CT molecular complexity index is 610. The molecule has 0 aliphatic heterocycles. The first kappa shape index (κ1) is 11.6. The van der Waals surface area contributed by atoms with Crippen LogP contribution in [0.1, 0.15) is 0 Å². The van der Waals surface area contributed by atoms with E-state index in [1.165, 1.54) is 30.3 Å². The summed E-state index contributed by atoms with van der Waals surface area (Å²) in [7, 11) is 0. The maximum absolute atomic E-state index is 10.6. The maximum atomic E-state index is 10.6. The van der Waals surface area contributed by atoms with Crippen molar-refractivity contribution in [2.24, 2.45) is 0 Å². The van der Waals surface area contributed by atoms with E-state index in [9.17, 15) is 20.2 Å². The van der Waals surface area contributed by atoms with Crippen LogP contribution in [0.25, 0.3) is 11.3 Å². The van der Waals surface area contributed by atoms with Crippen LogP contribution in [-0.2, 0) is 0 Å². The van der Waals surface area contributed by atoms with E-state index in [-0.39, 0.29) is 11.4 Å². The average molecular weight is 245 g/mol. The zero-order chi connectivity index (χ0) is 13.1. The van der Waals surface area contributed by atoms with E-state index in [2.05, 4.69) is 4.98 Å². The van der Waals surface area contributed by atoms with Gasteiger partial charge in [0.1, 0.15) is 6.20 Å². The van der Waals surface area contributed by atoms with E-state index in [0.717, 1.165) is 6.20 Å². The Morgan fingerprint density at radius 3 is 2.22 bits per heavy atom. The molecule has 1 heterocycles. The topological polar surface area (TPSA) is 99.2 Å². The Hall–Kier alpha value is -2.83. The van der Waals surface area contributed by atoms with Gasteiger partial charge in [-0.15, -0.1) is 0 Å². The fraction of sp³-hybridized carbons (Fsp3) is 0. The molecule has 7 heteroatoms. The molecule has 0 amide bonds. The monoisotopic (exact) mass is 245 g/mol. The standard InChI is InChI=1S/C11H7N3O4/c15-13(16)9-3-1-2-8(6-9)11-5-4-10(7-12-11)14(17)18/h1-7H. The van der Waals surface area contributed by atoms with Gasteiger partial charge in [-0.1, -0.05) is 12.1 Å². The third-order valence-corrected chi connectivity index (χ3v) is 2.31. The summed E-state index contributed by atoms with van der Waals surface area (Å²) in [5.41, 5.74) is 0.820. The molecule has 1 aromatic carbocycles. The fourth-order valence-electron chi connectivity index (χ4n) is 1.44. The third kappa shape index (κ3) is 2.29. The van der Waals surface area contributed by atoms with Crippen molar-refractivity contribution < 1.29 is 9.85 Å². The quantitative estimate of drug-likeness (QED) is 0.611. The van der Waals surface area contributed by atoms with Crippen molar-refractivity contribution in [3.63, 3.8) is 0 Å². The second kappa shape index (κ2) is 4.58. The summed E-state index contributed by atoms with van der Waals surface area (Å²) >= 11 is 0. The van der Waals surface area contributed by atoms with Crippen molar-refractivity contribution in [3.05, 3.63) is 62.8 Å². The smallest absolute Gasteiger partial charge is 0.258 e. The highest BCUT2D eigenvalue weighted by molar-refractivity contribution is 5.63. The van der Waals surface area contributed by atoms with Crippen molar-refractivity contribution in [1.29, 1.82) is 0 Å². The molecule has 2 rings (SSSR count). The highest BCUT2D eigenvalue weighted by atomic mass is 16.6. The van der Waals surface area contributed by atoms with Gasteiger partial charge in [-0.25, -0.2) is 4.98 Å². The molecule has 18 heavy (non-hydrogen) atoms. The molecule has 0 radical (unpaired) electrons. The molecule has 0 unspecified atom stereocenters. The second-order valence-electron chi connectivity index (χ2n) is 3.47. The summed E-state index contributed by atoms with van der Waals surface area (Å²) < 4.78 is 0. The molecule has 90 valence electrons. The first-order chi connectivity index (χ1) is 8.58. The number of aromatic nitrogens is 1. The van der Waals surface area contributed by atoms with Crippen molar-refractivity contribution >= 4 is 11.4 Å². The molecular formula is C11H7N3O4. The summed E-state index contributed by atoms with van der Waals surface area (Å²) in [4.78, 5) is 23.9. The zero-order valence-electron chi connectivity index (χ0n) is 9.02. The number of hydrogen-bond acceptors (Lipinski definition) is 5. The third-order valence-electron chi connectivity index (χ3n) is 2.31.